The molecule has 242 valence electrons. The van der Waals surface area contributed by atoms with Crippen LogP contribution in [0.15, 0.2) is 65.2 Å². The van der Waals surface area contributed by atoms with Crippen LogP contribution in [0.25, 0.3) is 11.3 Å². The van der Waals surface area contributed by atoms with Gasteiger partial charge in [-0.25, -0.2) is 9.37 Å². The number of rotatable bonds is 14. The molecule has 1 amide bonds. The zero-order chi connectivity index (χ0) is 32.9. The lowest BCUT2D eigenvalue weighted by Gasteiger charge is -2.42. The van der Waals surface area contributed by atoms with Gasteiger partial charge in [0.25, 0.3) is 0 Å². The molecule has 1 aliphatic heterocycles. The van der Waals surface area contributed by atoms with Gasteiger partial charge in [-0.2, -0.15) is 0 Å². The third-order valence-electron chi connectivity index (χ3n) is 9.61. The van der Waals surface area contributed by atoms with E-state index in [1.165, 1.54) is 6.08 Å². The molecule has 1 fully saturated rings. The van der Waals surface area contributed by atoms with Crippen molar-refractivity contribution in [2.75, 3.05) is 24.3 Å². The molecule has 4 rings (SSSR count). The van der Waals surface area contributed by atoms with Crippen LogP contribution in [0.2, 0.25) is 0 Å². The monoisotopic (exact) mass is 613 g/mol. The summed E-state index contributed by atoms with van der Waals surface area (Å²) < 4.78 is 15.1. The first-order valence-corrected chi connectivity index (χ1v) is 16.7. The Morgan fingerprint density at radius 3 is 2.44 bits per heavy atom. The summed E-state index contributed by atoms with van der Waals surface area (Å²) in [6.07, 6.45) is 12.5. The molecule has 2 aromatic rings. The van der Waals surface area contributed by atoms with Crippen LogP contribution in [0, 0.1) is 12.8 Å². The Kier molecular flexibility index (Phi) is 11.1. The Balaban J connectivity index is 1.88. The van der Waals surface area contributed by atoms with E-state index in [0.29, 0.717) is 11.7 Å². The molecule has 1 aliphatic carbocycles. The second-order valence-corrected chi connectivity index (χ2v) is 12.9. The summed E-state index contributed by atoms with van der Waals surface area (Å²) in [5, 5.41) is 3.25. The SMILES string of the molecule is C=C/C(F)=C(\C=C(/C)N(C)C)Nc1nc(-c2ccc3c(c2)N(C2CC(CC)C2)C(=O)C3(CCC)CCC)cc(N=CCC)c1C. The van der Waals surface area contributed by atoms with E-state index in [2.05, 4.69) is 55.8 Å². The summed E-state index contributed by atoms with van der Waals surface area (Å²) >= 11 is 0. The van der Waals surface area contributed by atoms with Gasteiger partial charge in [-0.05, 0) is 81.7 Å². The molecule has 0 radical (unpaired) electrons. The van der Waals surface area contributed by atoms with Gasteiger partial charge < -0.3 is 15.1 Å². The first-order chi connectivity index (χ1) is 21.5. The lowest BCUT2D eigenvalue weighted by molar-refractivity contribution is -0.124. The number of aromatic nitrogens is 1. The van der Waals surface area contributed by atoms with Crippen molar-refractivity contribution in [2.24, 2.45) is 10.9 Å². The summed E-state index contributed by atoms with van der Waals surface area (Å²) in [5.74, 6) is 0.997. The highest BCUT2D eigenvalue weighted by atomic mass is 19.1. The molecular weight excluding hydrogens is 561 g/mol. The van der Waals surface area contributed by atoms with E-state index in [4.69, 9.17) is 9.98 Å². The van der Waals surface area contributed by atoms with Crippen molar-refractivity contribution in [1.29, 1.82) is 0 Å². The molecular formula is C38H52FN5O. The topological polar surface area (TPSA) is 60.8 Å². The maximum Gasteiger partial charge on any atom is 0.237 e. The zero-order valence-electron chi connectivity index (χ0n) is 28.6. The van der Waals surface area contributed by atoms with E-state index in [1.807, 2.05) is 52.0 Å². The number of fused-ring (bicyclic) bond motifs is 1. The smallest absolute Gasteiger partial charge is 0.237 e. The minimum absolute atomic E-state index is 0.237. The molecule has 1 saturated carbocycles. The Bertz CT molecular complexity index is 1490. The van der Waals surface area contributed by atoms with Crippen molar-refractivity contribution < 1.29 is 9.18 Å². The number of aliphatic imine (C=N–C) groups is 1. The molecule has 7 heteroatoms. The van der Waals surface area contributed by atoms with E-state index in [9.17, 15) is 4.79 Å². The first-order valence-electron chi connectivity index (χ1n) is 16.7. The highest BCUT2D eigenvalue weighted by Crippen LogP contribution is 2.52. The Hall–Kier alpha value is -3.74. The van der Waals surface area contributed by atoms with Crippen molar-refractivity contribution in [3.63, 3.8) is 0 Å². The fourth-order valence-corrected chi connectivity index (χ4v) is 6.75. The number of benzene rings is 1. The number of carbonyl (C=O) groups is 1. The fraction of sp³-hybridized carbons (Fsp3) is 0.500. The Morgan fingerprint density at radius 1 is 1.18 bits per heavy atom. The molecule has 0 unspecified atom stereocenters. The number of nitrogens with zero attached hydrogens (tertiary/aromatic N) is 4. The largest absolute Gasteiger partial charge is 0.381 e. The summed E-state index contributed by atoms with van der Waals surface area (Å²) in [5.41, 5.74) is 6.06. The van der Waals surface area contributed by atoms with Crippen LogP contribution < -0.4 is 10.2 Å². The van der Waals surface area contributed by atoms with Gasteiger partial charge in [0.15, 0.2) is 0 Å². The minimum atomic E-state index is -0.475. The van der Waals surface area contributed by atoms with E-state index < -0.39 is 11.2 Å². The van der Waals surface area contributed by atoms with Crippen LogP contribution >= 0.6 is 0 Å². The predicted molar refractivity (Wildman–Crippen MR) is 188 cm³/mol. The molecule has 2 heterocycles. The van der Waals surface area contributed by atoms with Crippen LogP contribution in [0.5, 0.6) is 0 Å². The number of anilines is 2. The van der Waals surface area contributed by atoms with E-state index >= 15 is 4.39 Å². The molecule has 0 spiro atoms. The number of hydrogen-bond acceptors (Lipinski definition) is 5. The highest BCUT2D eigenvalue weighted by molar-refractivity contribution is 6.09. The average Bonchev–Trinajstić information content (AvgIpc) is 3.23. The van der Waals surface area contributed by atoms with Gasteiger partial charge in [0.1, 0.15) is 11.6 Å². The third-order valence-corrected chi connectivity index (χ3v) is 9.61. The molecule has 1 aromatic heterocycles. The van der Waals surface area contributed by atoms with E-state index in [-0.39, 0.29) is 17.6 Å². The molecule has 0 bridgehead atoms. The number of pyridine rings is 1. The number of allylic oxidation sites excluding steroid dienone is 4. The predicted octanol–water partition coefficient (Wildman–Crippen LogP) is 9.79. The summed E-state index contributed by atoms with van der Waals surface area (Å²) in [6, 6.07) is 8.65. The number of halogens is 1. The number of nitrogens with one attached hydrogen (secondary N) is 1. The third kappa shape index (κ3) is 6.78. The van der Waals surface area contributed by atoms with Crippen molar-refractivity contribution in [1.82, 2.24) is 9.88 Å². The zero-order valence-corrected chi connectivity index (χ0v) is 28.6. The summed E-state index contributed by atoms with van der Waals surface area (Å²) in [4.78, 5) is 28.2. The van der Waals surface area contributed by atoms with E-state index in [1.54, 1.807) is 6.08 Å². The Labute approximate surface area is 270 Å². The minimum Gasteiger partial charge on any atom is -0.381 e. The van der Waals surface area contributed by atoms with Gasteiger partial charge in [-0.1, -0.05) is 65.7 Å². The standard InChI is InChI=1S/C38H52FN5O/c1-10-17-38(18-11-2)30-16-15-28(23-35(30)44(37(38)45)29-21-27(13-4)22-29)33-24-32(40-19-12-3)26(7)36(41-33)42-34(31(39)14-5)20-25(6)43(8)9/h14-16,19-20,23-24,27,29H,5,10-13,17-18,21-22H2,1-4,6-9H3,(H,41,42)/b25-20+,34-31-,40-19?. The maximum absolute atomic E-state index is 15.1. The van der Waals surface area contributed by atoms with E-state index in [0.717, 1.165) is 90.8 Å². The maximum atomic E-state index is 15.1. The second-order valence-electron chi connectivity index (χ2n) is 12.9. The van der Waals surface area contributed by atoms with Crippen LogP contribution in [-0.2, 0) is 10.2 Å². The van der Waals surface area contributed by atoms with Gasteiger partial charge in [0.2, 0.25) is 5.91 Å². The lowest BCUT2D eigenvalue weighted by Crippen LogP contribution is -2.50. The summed E-state index contributed by atoms with van der Waals surface area (Å²) in [7, 11) is 3.83. The molecule has 2 aliphatic rings. The molecule has 0 saturated heterocycles. The van der Waals surface area contributed by atoms with Crippen LogP contribution in [0.3, 0.4) is 0 Å². The van der Waals surface area contributed by atoms with Crippen molar-refractivity contribution in [3.8, 4) is 11.3 Å². The molecule has 45 heavy (non-hydrogen) atoms. The normalized spacial score (nSPS) is 19.8. The lowest BCUT2D eigenvalue weighted by atomic mass is 9.73. The van der Waals surface area contributed by atoms with Crippen molar-refractivity contribution in [3.05, 3.63) is 71.3 Å². The van der Waals surface area contributed by atoms with Crippen LogP contribution in [0.1, 0.15) is 97.1 Å². The molecule has 1 N–H and O–H groups in total. The number of carbonyl (C=O) groups excluding carboxylic acids is 1. The van der Waals surface area contributed by atoms with Crippen molar-refractivity contribution in [2.45, 2.75) is 104 Å². The van der Waals surface area contributed by atoms with Crippen LogP contribution in [0.4, 0.5) is 21.6 Å². The van der Waals surface area contributed by atoms with Gasteiger partial charge >= 0.3 is 0 Å². The van der Waals surface area contributed by atoms with Gasteiger partial charge in [-0.3, -0.25) is 9.79 Å². The summed E-state index contributed by atoms with van der Waals surface area (Å²) in [6.45, 7) is 16.2. The number of amides is 1. The van der Waals surface area contributed by atoms with Crippen LogP contribution in [-0.4, -0.2) is 42.1 Å². The van der Waals surface area contributed by atoms with Gasteiger partial charge in [0.05, 0.1) is 22.5 Å². The first kappa shape index (κ1) is 34.1. The Morgan fingerprint density at radius 2 is 1.87 bits per heavy atom. The molecule has 6 nitrogen and oxygen atoms in total. The second kappa shape index (κ2) is 14.6. The highest BCUT2D eigenvalue weighted by Gasteiger charge is 2.53. The molecule has 1 aromatic carbocycles. The fourth-order valence-electron chi connectivity index (χ4n) is 6.75. The number of hydrogen-bond donors (Lipinski definition) is 1. The quantitative estimate of drug-likeness (QED) is 0.170. The van der Waals surface area contributed by atoms with Gasteiger partial charge in [-0.15, -0.1) is 0 Å². The molecule has 0 atom stereocenters. The van der Waals surface area contributed by atoms with Gasteiger partial charge in [0, 0.05) is 48.9 Å². The average molecular weight is 614 g/mol. The van der Waals surface area contributed by atoms with Crippen molar-refractivity contribution >= 4 is 29.3 Å².